The van der Waals surface area contributed by atoms with Crippen LogP contribution in [-0.4, -0.2) is 12.3 Å². The van der Waals surface area contributed by atoms with E-state index in [-0.39, 0.29) is 5.92 Å². The number of nitrogens with zero attached hydrogens (tertiary/aromatic N) is 3. The van der Waals surface area contributed by atoms with Gasteiger partial charge in [-0.3, -0.25) is 0 Å². The van der Waals surface area contributed by atoms with Gasteiger partial charge in [0.25, 0.3) is 0 Å². The second-order valence-electron chi connectivity index (χ2n) is 8.57. The van der Waals surface area contributed by atoms with Crippen molar-refractivity contribution in [1.29, 1.82) is 0 Å². The Hall–Kier alpha value is -2.97. The van der Waals surface area contributed by atoms with E-state index in [2.05, 4.69) is 63.0 Å². The summed E-state index contributed by atoms with van der Waals surface area (Å²) in [5, 5.41) is 15.6. The molecule has 1 fully saturated rings. The van der Waals surface area contributed by atoms with Crippen molar-refractivity contribution in [2.75, 3.05) is 6.54 Å². The molecule has 1 aliphatic heterocycles. The zero-order chi connectivity index (χ0) is 21.8. The van der Waals surface area contributed by atoms with Gasteiger partial charge in [-0.1, -0.05) is 37.0 Å². The van der Waals surface area contributed by atoms with E-state index in [9.17, 15) is 0 Å². The van der Waals surface area contributed by atoms with Gasteiger partial charge in [0.2, 0.25) is 0 Å². The van der Waals surface area contributed by atoms with Gasteiger partial charge < -0.3 is 4.74 Å². The molecule has 0 bridgehead atoms. The summed E-state index contributed by atoms with van der Waals surface area (Å²) in [5.41, 5.74) is 4.92. The van der Waals surface area contributed by atoms with Crippen LogP contribution in [-0.2, 0) is 6.61 Å². The molecule has 1 saturated carbocycles. The summed E-state index contributed by atoms with van der Waals surface area (Å²) in [5.74, 6) is 8.05. The van der Waals surface area contributed by atoms with Crippen LogP contribution in [0.25, 0.3) is 10.1 Å². The van der Waals surface area contributed by atoms with Gasteiger partial charge in [0.1, 0.15) is 18.9 Å². The largest absolute Gasteiger partial charge is 0.489 e. The minimum Gasteiger partial charge on any atom is -0.489 e. The Labute approximate surface area is 193 Å². The van der Waals surface area contributed by atoms with Crippen LogP contribution in [0.2, 0.25) is 0 Å². The third-order valence-electron chi connectivity index (χ3n) is 6.41. The molecule has 4 nitrogen and oxygen atoms in total. The predicted molar refractivity (Wildman–Crippen MR) is 132 cm³/mol. The number of fused-ring (bicyclic) bond motifs is 1. The highest BCUT2D eigenvalue weighted by Crippen LogP contribution is 2.40. The van der Waals surface area contributed by atoms with Crippen molar-refractivity contribution in [1.82, 2.24) is 0 Å². The standard InChI is InChI=1S/C27H27N3OS/c1-2-5-22(15-23-16-28-30-29-23)20-9-11-24(12-10-20)31-17-19-8-13-27-25(14-19)26(18-32-27)21-6-3-4-7-21/h8-14,18,21-22H,3-4,6-7,15-17H2,1H3/t22-/m0/s1. The fourth-order valence-corrected chi connectivity index (χ4v) is 5.73. The lowest BCUT2D eigenvalue weighted by Gasteiger charge is -2.12. The number of hydrogen-bond donors (Lipinski definition) is 0. The van der Waals surface area contributed by atoms with E-state index in [0.29, 0.717) is 13.2 Å². The Morgan fingerprint density at radius 2 is 1.97 bits per heavy atom. The molecule has 5 heteroatoms. The van der Waals surface area contributed by atoms with Gasteiger partial charge in [-0.2, -0.15) is 5.11 Å². The lowest BCUT2D eigenvalue weighted by atomic mass is 9.94. The molecule has 2 aromatic carbocycles. The SMILES string of the molecule is CC#C[C@@H](CC1=NN=NC1)c1ccc(OCc2ccc3scc(C4CCCC4)c3c2)cc1. The Bertz CT molecular complexity index is 1210. The van der Waals surface area contributed by atoms with Gasteiger partial charge >= 0.3 is 0 Å². The van der Waals surface area contributed by atoms with E-state index in [1.807, 2.05) is 30.4 Å². The predicted octanol–water partition coefficient (Wildman–Crippen LogP) is 7.46. The van der Waals surface area contributed by atoms with Crippen molar-refractivity contribution < 1.29 is 4.74 Å². The summed E-state index contributed by atoms with van der Waals surface area (Å²) in [4.78, 5) is 0. The van der Waals surface area contributed by atoms with Crippen molar-refractivity contribution in [3.8, 4) is 17.6 Å². The lowest BCUT2D eigenvalue weighted by Crippen LogP contribution is -2.07. The van der Waals surface area contributed by atoms with Gasteiger partial charge in [0, 0.05) is 11.1 Å². The van der Waals surface area contributed by atoms with Crippen molar-refractivity contribution in [2.45, 2.75) is 57.5 Å². The maximum atomic E-state index is 6.12. The highest BCUT2D eigenvalue weighted by molar-refractivity contribution is 7.17. The molecular formula is C27H27N3OS. The first-order chi connectivity index (χ1) is 15.8. The minimum absolute atomic E-state index is 0.103. The number of hydrogen-bond acceptors (Lipinski definition) is 5. The molecule has 0 N–H and O–H groups in total. The smallest absolute Gasteiger partial charge is 0.119 e. The maximum Gasteiger partial charge on any atom is 0.119 e. The molecule has 1 aliphatic carbocycles. The Kier molecular flexibility index (Phi) is 6.31. The topological polar surface area (TPSA) is 46.3 Å². The Morgan fingerprint density at radius 1 is 1.12 bits per heavy atom. The Balaban J connectivity index is 1.26. The second-order valence-corrected chi connectivity index (χ2v) is 9.48. The molecule has 5 rings (SSSR count). The van der Waals surface area contributed by atoms with Crippen LogP contribution in [0.5, 0.6) is 5.75 Å². The summed E-state index contributed by atoms with van der Waals surface area (Å²) < 4.78 is 7.51. The van der Waals surface area contributed by atoms with E-state index < -0.39 is 0 Å². The van der Waals surface area contributed by atoms with Gasteiger partial charge in [0.05, 0.1) is 11.6 Å². The van der Waals surface area contributed by atoms with E-state index in [1.165, 1.54) is 46.9 Å². The van der Waals surface area contributed by atoms with E-state index in [4.69, 9.17) is 4.74 Å². The first-order valence-electron chi connectivity index (χ1n) is 11.4. The third kappa shape index (κ3) is 4.61. The van der Waals surface area contributed by atoms with Crippen LogP contribution in [0.1, 0.15) is 67.6 Å². The molecule has 0 spiro atoms. The van der Waals surface area contributed by atoms with Gasteiger partial charge in [-0.25, -0.2) is 0 Å². The summed E-state index contributed by atoms with van der Waals surface area (Å²) in [6, 6.07) is 15.1. The van der Waals surface area contributed by atoms with Crippen molar-refractivity contribution in [3.63, 3.8) is 0 Å². The van der Waals surface area contributed by atoms with E-state index in [1.54, 1.807) is 5.56 Å². The monoisotopic (exact) mass is 441 g/mol. The second kappa shape index (κ2) is 9.67. The van der Waals surface area contributed by atoms with Crippen LogP contribution in [0.15, 0.2) is 63.3 Å². The molecule has 162 valence electrons. The van der Waals surface area contributed by atoms with E-state index >= 15 is 0 Å². The van der Waals surface area contributed by atoms with Crippen LogP contribution in [0.3, 0.4) is 0 Å². The highest BCUT2D eigenvalue weighted by atomic mass is 32.1. The van der Waals surface area contributed by atoms with Crippen molar-refractivity contribution in [3.05, 3.63) is 64.5 Å². The minimum atomic E-state index is 0.103. The number of rotatable bonds is 7. The van der Waals surface area contributed by atoms with Crippen molar-refractivity contribution in [2.24, 2.45) is 15.4 Å². The van der Waals surface area contributed by atoms with Crippen LogP contribution in [0, 0.1) is 11.8 Å². The van der Waals surface area contributed by atoms with Crippen LogP contribution < -0.4 is 4.74 Å². The molecular weight excluding hydrogens is 414 g/mol. The van der Waals surface area contributed by atoms with Gasteiger partial charge in [-0.15, -0.1) is 22.4 Å². The first kappa shape index (κ1) is 20.9. The zero-order valence-electron chi connectivity index (χ0n) is 18.4. The van der Waals surface area contributed by atoms with Gasteiger partial charge in [0.15, 0.2) is 0 Å². The molecule has 2 aliphatic rings. The Morgan fingerprint density at radius 3 is 2.72 bits per heavy atom. The summed E-state index contributed by atoms with van der Waals surface area (Å²) >= 11 is 1.87. The van der Waals surface area contributed by atoms with E-state index in [0.717, 1.165) is 23.8 Å². The van der Waals surface area contributed by atoms with Gasteiger partial charge in [-0.05, 0) is 82.6 Å². The molecule has 1 aromatic heterocycles. The van der Waals surface area contributed by atoms with Crippen molar-refractivity contribution >= 4 is 27.1 Å². The summed E-state index contributed by atoms with van der Waals surface area (Å²) in [6.07, 6.45) is 6.16. The van der Waals surface area contributed by atoms with Crippen LogP contribution in [0.4, 0.5) is 0 Å². The molecule has 3 aromatic rings. The zero-order valence-corrected chi connectivity index (χ0v) is 19.2. The molecule has 32 heavy (non-hydrogen) atoms. The molecule has 0 amide bonds. The average molecular weight is 442 g/mol. The molecule has 0 saturated heterocycles. The molecule has 2 heterocycles. The highest BCUT2D eigenvalue weighted by Gasteiger charge is 2.20. The summed E-state index contributed by atoms with van der Waals surface area (Å²) in [6.45, 7) is 3.03. The number of ether oxygens (including phenoxy) is 1. The number of benzene rings is 2. The molecule has 1 atom stereocenters. The quantitative estimate of drug-likeness (QED) is 0.351. The average Bonchev–Trinajstić information content (AvgIpc) is 3.59. The first-order valence-corrected chi connectivity index (χ1v) is 12.3. The normalized spacial score (nSPS) is 16.7. The maximum absolute atomic E-state index is 6.12. The third-order valence-corrected chi connectivity index (χ3v) is 7.39. The lowest BCUT2D eigenvalue weighted by molar-refractivity contribution is 0.306. The van der Waals surface area contributed by atoms with Crippen LogP contribution >= 0.6 is 11.3 Å². The molecule has 0 unspecified atom stereocenters. The molecule has 0 radical (unpaired) electrons. The summed E-state index contributed by atoms with van der Waals surface area (Å²) in [7, 11) is 0. The fraction of sp³-hybridized carbons (Fsp3) is 0.370. The fourth-order valence-electron chi connectivity index (χ4n) is 4.71. The number of thiophene rings is 1.